The van der Waals surface area contributed by atoms with E-state index in [0.29, 0.717) is 16.3 Å². The van der Waals surface area contributed by atoms with Crippen molar-refractivity contribution in [3.8, 4) is 5.75 Å². The van der Waals surface area contributed by atoms with Gasteiger partial charge in [0.15, 0.2) is 11.7 Å². The number of ketones is 1. The summed E-state index contributed by atoms with van der Waals surface area (Å²) in [5, 5.41) is 11.1. The molecule has 2 aromatic rings. The number of esters is 1. The third kappa shape index (κ3) is 5.64. The van der Waals surface area contributed by atoms with Crippen LogP contribution in [0.3, 0.4) is 0 Å². The van der Waals surface area contributed by atoms with Crippen molar-refractivity contribution >= 4 is 46.3 Å². The Morgan fingerprint density at radius 2 is 1.84 bits per heavy atom. The number of thioether (sulfide) groups is 1. The van der Waals surface area contributed by atoms with E-state index in [1.807, 2.05) is 24.3 Å². The van der Waals surface area contributed by atoms with Crippen LogP contribution in [0.1, 0.15) is 25.0 Å². The van der Waals surface area contributed by atoms with Crippen LogP contribution in [0.2, 0.25) is 0 Å². The lowest BCUT2D eigenvalue weighted by Gasteiger charge is -2.09. The minimum atomic E-state index is -1.36. The maximum absolute atomic E-state index is 13.1. The van der Waals surface area contributed by atoms with Crippen LogP contribution in [-0.2, 0) is 25.5 Å². The van der Waals surface area contributed by atoms with E-state index in [-0.39, 0.29) is 17.3 Å². The zero-order chi connectivity index (χ0) is 23.1. The SMILES string of the molecule is CCOC(=O)C1C(=O)/C(=C/c2ccccc2OCC(=O)[O-])SC1=Nc1ccc(CC)cc1. The second kappa shape index (κ2) is 10.8. The lowest BCUT2D eigenvalue weighted by Crippen LogP contribution is -2.29. The molecule has 1 fully saturated rings. The molecule has 0 aliphatic carbocycles. The molecule has 7 nitrogen and oxygen atoms in total. The van der Waals surface area contributed by atoms with Crippen LogP contribution in [0.4, 0.5) is 5.69 Å². The van der Waals surface area contributed by atoms with Crippen molar-refractivity contribution in [3.05, 3.63) is 64.6 Å². The fourth-order valence-corrected chi connectivity index (χ4v) is 4.14. The van der Waals surface area contributed by atoms with Crippen molar-refractivity contribution in [3.63, 3.8) is 0 Å². The summed E-state index contributed by atoms with van der Waals surface area (Å²) >= 11 is 1.09. The summed E-state index contributed by atoms with van der Waals surface area (Å²) in [4.78, 5) is 41.2. The molecule has 2 aromatic carbocycles. The number of Topliss-reactive ketones (excluding diaryl/α,β-unsaturated/α-hetero) is 1. The highest BCUT2D eigenvalue weighted by molar-refractivity contribution is 8.19. The molecule has 0 aromatic heterocycles. The number of rotatable bonds is 8. The Labute approximate surface area is 190 Å². The van der Waals surface area contributed by atoms with Crippen molar-refractivity contribution < 1.29 is 29.0 Å². The van der Waals surface area contributed by atoms with Gasteiger partial charge in [0.25, 0.3) is 0 Å². The van der Waals surface area contributed by atoms with E-state index >= 15 is 0 Å². The average Bonchev–Trinajstić information content (AvgIpc) is 3.08. The molecule has 3 rings (SSSR count). The lowest BCUT2D eigenvalue weighted by atomic mass is 10.0. The number of carbonyl (C=O) groups excluding carboxylic acids is 3. The number of allylic oxidation sites excluding steroid dienone is 1. The summed E-state index contributed by atoms with van der Waals surface area (Å²) in [5.74, 6) is -3.30. The third-order valence-corrected chi connectivity index (χ3v) is 5.70. The number of hydrogen-bond donors (Lipinski definition) is 0. The Bertz CT molecular complexity index is 1070. The number of ether oxygens (including phenoxy) is 2. The number of aryl methyl sites for hydroxylation is 1. The molecular weight excluding hydrogens is 430 g/mol. The maximum atomic E-state index is 13.1. The summed E-state index contributed by atoms with van der Waals surface area (Å²) in [6, 6.07) is 14.3. The molecule has 0 amide bonds. The van der Waals surface area contributed by atoms with E-state index in [1.165, 1.54) is 0 Å². The van der Waals surface area contributed by atoms with E-state index in [4.69, 9.17) is 9.47 Å². The number of aliphatic carboxylic acids is 1. The number of aliphatic imine (C=N–C) groups is 1. The molecule has 0 N–H and O–H groups in total. The van der Waals surface area contributed by atoms with Gasteiger partial charge in [-0.15, -0.1) is 0 Å². The number of benzene rings is 2. The van der Waals surface area contributed by atoms with E-state index < -0.39 is 30.2 Å². The number of para-hydroxylation sites is 1. The Kier molecular flexibility index (Phi) is 7.83. The van der Waals surface area contributed by atoms with Gasteiger partial charge in [0.05, 0.1) is 23.2 Å². The van der Waals surface area contributed by atoms with E-state index in [0.717, 1.165) is 23.7 Å². The summed E-state index contributed by atoms with van der Waals surface area (Å²) in [5.41, 5.74) is 2.28. The first-order chi connectivity index (χ1) is 15.4. The highest BCUT2D eigenvalue weighted by atomic mass is 32.2. The molecule has 0 saturated carbocycles. The van der Waals surface area contributed by atoms with Crippen LogP contribution < -0.4 is 9.84 Å². The molecule has 0 radical (unpaired) electrons. The van der Waals surface area contributed by atoms with Crippen molar-refractivity contribution in [1.29, 1.82) is 0 Å². The van der Waals surface area contributed by atoms with Gasteiger partial charge < -0.3 is 19.4 Å². The Balaban J connectivity index is 1.96. The standard InChI is InChI=1S/C24H23NO6S/c1-3-15-9-11-17(12-10-15)25-23-21(24(29)30-4-2)22(28)19(32-23)13-16-7-5-6-8-18(16)31-14-20(26)27/h5-13,21H,3-4,14H2,1-2H3,(H,26,27)/p-1/b19-13-,25-23?. The van der Waals surface area contributed by atoms with Gasteiger partial charge in [0, 0.05) is 5.56 Å². The van der Waals surface area contributed by atoms with Gasteiger partial charge in [-0.3, -0.25) is 9.59 Å². The van der Waals surface area contributed by atoms with Crippen molar-refractivity contribution in [2.24, 2.45) is 10.9 Å². The molecule has 1 unspecified atom stereocenters. The van der Waals surface area contributed by atoms with Gasteiger partial charge in [-0.2, -0.15) is 0 Å². The first-order valence-corrected chi connectivity index (χ1v) is 10.9. The van der Waals surface area contributed by atoms with Gasteiger partial charge in [-0.05, 0) is 43.2 Å². The largest absolute Gasteiger partial charge is 0.546 e. The minimum Gasteiger partial charge on any atom is -0.546 e. The molecule has 0 spiro atoms. The van der Waals surface area contributed by atoms with Crippen LogP contribution >= 0.6 is 11.8 Å². The van der Waals surface area contributed by atoms with Gasteiger partial charge >= 0.3 is 5.97 Å². The zero-order valence-corrected chi connectivity index (χ0v) is 18.5. The Morgan fingerprint density at radius 1 is 1.12 bits per heavy atom. The number of hydrogen-bond acceptors (Lipinski definition) is 8. The van der Waals surface area contributed by atoms with Gasteiger partial charge in [0.1, 0.15) is 17.4 Å². The number of carboxylic acid groups (broad SMARTS) is 1. The molecule has 0 bridgehead atoms. The fourth-order valence-electron chi connectivity index (χ4n) is 3.04. The second-order valence-electron chi connectivity index (χ2n) is 6.83. The topological polar surface area (TPSA) is 105 Å². The van der Waals surface area contributed by atoms with Crippen molar-refractivity contribution in [2.45, 2.75) is 20.3 Å². The quantitative estimate of drug-likeness (QED) is 0.344. The van der Waals surface area contributed by atoms with Gasteiger partial charge in [-0.25, -0.2) is 4.99 Å². The number of nitrogens with zero attached hydrogens (tertiary/aromatic N) is 1. The Morgan fingerprint density at radius 3 is 2.50 bits per heavy atom. The summed E-state index contributed by atoms with van der Waals surface area (Å²) in [7, 11) is 0. The lowest BCUT2D eigenvalue weighted by molar-refractivity contribution is -0.307. The molecule has 1 atom stereocenters. The van der Waals surface area contributed by atoms with Gasteiger partial charge in [-0.1, -0.05) is 49.0 Å². The van der Waals surface area contributed by atoms with Crippen LogP contribution in [0.15, 0.2) is 58.4 Å². The molecule has 8 heteroatoms. The van der Waals surface area contributed by atoms with E-state index in [1.54, 1.807) is 37.3 Å². The number of carbonyl (C=O) groups is 3. The molecule has 32 heavy (non-hydrogen) atoms. The third-order valence-electron chi connectivity index (χ3n) is 4.62. The van der Waals surface area contributed by atoms with Gasteiger partial charge in [0.2, 0.25) is 0 Å². The van der Waals surface area contributed by atoms with Crippen molar-refractivity contribution in [1.82, 2.24) is 0 Å². The fraction of sp³-hybridized carbons (Fsp3) is 0.250. The smallest absolute Gasteiger partial charge is 0.323 e. The summed E-state index contributed by atoms with van der Waals surface area (Å²) in [6.07, 6.45) is 2.45. The average molecular weight is 453 g/mol. The normalized spacial score (nSPS) is 18.2. The van der Waals surface area contributed by atoms with Crippen LogP contribution in [0.25, 0.3) is 6.08 Å². The highest BCUT2D eigenvalue weighted by Crippen LogP contribution is 2.39. The molecule has 1 saturated heterocycles. The first-order valence-electron chi connectivity index (χ1n) is 10.1. The van der Waals surface area contributed by atoms with Crippen LogP contribution in [0.5, 0.6) is 5.75 Å². The molecule has 166 valence electrons. The minimum absolute atomic E-state index is 0.144. The van der Waals surface area contributed by atoms with E-state index in [2.05, 4.69) is 11.9 Å². The highest BCUT2D eigenvalue weighted by Gasteiger charge is 2.43. The zero-order valence-electron chi connectivity index (χ0n) is 17.7. The molecule has 1 heterocycles. The molecule has 1 aliphatic heterocycles. The maximum Gasteiger partial charge on any atom is 0.323 e. The monoisotopic (exact) mass is 452 g/mol. The van der Waals surface area contributed by atoms with Crippen molar-refractivity contribution in [2.75, 3.05) is 13.2 Å². The summed E-state index contributed by atoms with van der Waals surface area (Å²) < 4.78 is 10.4. The number of carboxylic acids is 1. The first kappa shape index (κ1) is 23.3. The molecular formula is C24H22NO6S-. The predicted molar refractivity (Wildman–Crippen MR) is 121 cm³/mol. The molecule has 1 aliphatic rings. The van der Waals surface area contributed by atoms with E-state index in [9.17, 15) is 19.5 Å². The summed E-state index contributed by atoms with van der Waals surface area (Å²) in [6.45, 7) is 3.25. The second-order valence-corrected chi connectivity index (χ2v) is 7.89. The van der Waals surface area contributed by atoms with Crippen LogP contribution in [0, 0.1) is 5.92 Å². The Hall–Kier alpha value is -3.39. The predicted octanol–water partition coefficient (Wildman–Crippen LogP) is 2.94. The van der Waals surface area contributed by atoms with Crippen LogP contribution in [-0.4, -0.2) is 36.0 Å².